The third kappa shape index (κ3) is 2.48. The second-order valence-electron chi connectivity index (χ2n) is 6.51. The van der Waals surface area contributed by atoms with Crippen LogP contribution in [0.15, 0.2) is 66.3 Å². The van der Waals surface area contributed by atoms with Crippen LogP contribution in [-0.2, 0) is 6.42 Å². The Kier molecular flexibility index (Phi) is 3.69. The second-order valence-corrected chi connectivity index (χ2v) is 7.37. The van der Waals surface area contributed by atoms with E-state index in [0.29, 0.717) is 6.42 Å². The zero-order valence-corrected chi connectivity index (χ0v) is 14.8. The first-order valence-electron chi connectivity index (χ1n) is 8.61. The highest BCUT2D eigenvalue weighted by Gasteiger charge is 2.31. The zero-order valence-electron chi connectivity index (χ0n) is 14.0. The molecular formula is C21H17N3OS. The smallest absolute Gasteiger partial charge is 0.139 e. The first-order valence-corrected chi connectivity index (χ1v) is 9.49. The predicted molar refractivity (Wildman–Crippen MR) is 105 cm³/mol. The summed E-state index contributed by atoms with van der Waals surface area (Å²) in [6, 6.07) is 18.3. The lowest BCUT2D eigenvalue weighted by Gasteiger charge is -2.19. The number of hydrogen-bond donors (Lipinski definition) is 2. The highest BCUT2D eigenvalue weighted by molar-refractivity contribution is 7.17. The van der Waals surface area contributed by atoms with Crippen LogP contribution >= 0.6 is 11.3 Å². The number of rotatable bonds is 3. The molecule has 0 saturated heterocycles. The summed E-state index contributed by atoms with van der Waals surface area (Å²) >= 11 is 1.61. The van der Waals surface area contributed by atoms with Crippen molar-refractivity contribution in [1.82, 2.24) is 9.97 Å². The largest absolute Gasteiger partial charge is 0.390 e. The number of aliphatic hydroxyl groups excluding tert-OH is 1. The molecule has 0 bridgehead atoms. The van der Waals surface area contributed by atoms with E-state index < -0.39 is 6.10 Å². The second kappa shape index (κ2) is 6.20. The standard InChI is InChI=1S/C21H17N3OS/c25-17-10-14-8-4-5-9-15(14)19(17)24-20-18-16(13-6-2-1-3-7-13)11-26-21(18)23-12-22-20/h1-9,11-12,17,19,25H,10H2,(H,22,23,24)/t17-,19+/m0/s1. The van der Waals surface area contributed by atoms with Crippen LogP contribution in [0.5, 0.6) is 0 Å². The van der Waals surface area contributed by atoms with E-state index in [1.807, 2.05) is 30.3 Å². The van der Waals surface area contributed by atoms with Crippen molar-refractivity contribution >= 4 is 27.4 Å². The van der Waals surface area contributed by atoms with Crippen molar-refractivity contribution in [3.05, 3.63) is 77.4 Å². The van der Waals surface area contributed by atoms with Gasteiger partial charge in [-0.25, -0.2) is 9.97 Å². The molecule has 0 amide bonds. The molecule has 2 aromatic carbocycles. The summed E-state index contributed by atoms with van der Waals surface area (Å²) in [5, 5.41) is 17.2. The summed E-state index contributed by atoms with van der Waals surface area (Å²) in [6.07, 6.45) is 1.79. The lowest BCUT2D eigenvalue weighted by molar-refractivity contribution is 0.165. The minimum atomic E-state index is -0.462. The number of fused-ring (bicyclic) bond motifs is 2. The van der Waals surface area contributed by atoms with E-state index in [-0.39, 0.29) is 6.04 Å². The quantitative estimate of drug-likeness (QED) is 0.568. The van der Waals surface area contributed by atoms with Crippen LogP contribution in [0.3, 0.4) is 0 Å². The Bertz CT molecular complexity index is 1080. The van der Waals surface area contributed by atoms with Crippen LogP contribution in [0.4, 0.5) is 5.82 Å². The van der Waals surface area contributed by atoms with E-state index in [1.54, 1.807) is 17.7 Å². The molecule has 0 unspecified atom stereocenters. The van der Waals surface area contributed by atoms with E-state index in [2.05, 4.69) is 44.9 Å². The molecule has 0 saturated carbocycles. The normalized spacial score (nSPS) is 18.8. The van der Waals surface area contributed by atoms with Crippen LogP contribution < -0.4 is 5.32 Å². The molecule has 26 heavy (non-hydrogen) atoms. The van der Waals surface area contributed by atoms with Crippen molar-refractivity contribution in [1.29, 1.82) is 0 Å². The van der Waals surface area contributed by atoms with Gasteiger partial charge in [-0.2, -0.15) is 0 Å². The third-order valence-electron chi connectivity index (χ3n) is 4.95. The molecule has 2 aromatic heterocycles. The monoisotopic (exact) mass is 359 g/mol. The van der Waals surface area contributed by atoms with Gasteiger partial charge in [-0.15, -0.1) is 11.3 Å². The number of thiophene rings is 1. The minimum absolute atomic E-state index is 0.159. The van der Waals surface area contributed by atoms with Crippen LogP contribution in [0.2, 0.25) is 0 Å². The average molecular weight is 359 g/mol. The summed E-state index contributed by atoms with van der Waals surface area (Å²) in [5.74, 6) is 0.774. The predicted octanol–water partition coefficient (Wildman–Crippen LogP) is 4.43. The molecule has 0 fully saturated rings. The van der Waals surface area contributed by atoms with E-state index in [0.717, 1.165) is 32.7 Å². The summed E-state index contributed by atoms with van der Waals surface area (Å²) in [4.78, 5) is 9.89. The number of anilines is 1. The highest BCUT2D eigenvalue weighted by atomic mass is 32.1. The van der Waals surface area contributed by atoms with Gasteiger partial charge in [0.2, 0.25) is 0 Å². The van der Waals surface area contributed by atoms with Crippen molar-refractivity contribution in [3.8, 4) is 11.1 Å². The molecule has 4 nitrogen and oxygen atoms in total. The molecule has 4 aromatic rings. The van der Waals surface area contributed by atoms with E-state index in [9.17, 15) is 5.11 Å². The number of hydrogen-bond acceptors (Lipinski definition) is 5. The topological polar surface area (TPSA) is 58.0 Å². The molecule has 2 atom stereocenters. The van der Waals surface area contributed by atoms with Crippen molar-refractivity contribution in [2.24, 2.45) is 0 Å². The Morgan fingerprint density at radius 2 is 1.81 bits per heavy atom. The fourth-order valence-corrected chi connectivity index (χ4v) is 4.63. The maximum atomic E-state index is 10.6. The van der Waals surface area contributed by atoms with Crippen molar-refractivity contribution in [3.63, 3.8) is 0 Å². The summed E-state index contributed by atoms with van der Waals surface area (Å²) in [7, 11) is 0. The zero-order chi connectivity index (χ0) is 17.5. The fourth-order valence-electron chi connectivity index (χ4n) is 3.71. The van der Waals surface area contributed by atoms with Gasteiger partial charge >= 0.3 is 0 Å². The fraction of sp³-hybridized carbons (Fsp3) is 0.143. The molecule has 0 spiro atoms. The van der Waals surface area contributed by atoms with E-state index in [4.69, 9.17) is 0 Å². The number of benzene rings is 2. The average Bonchev–Trinajstić information content (AvgIpc) is 3.25. The molecule has 0 radical (unpaired) electrons. The van der Waals surface area contributed by atoms with Crippen LogP contribution in [0.1, 0.15) is 17.2 Å². The maximum absolute atomic E-state index is 10.6. The Morgan fingerprint density at radius 3 is 2.69 bits per heavy atom. The van der Waals surface area contributed by atoms with Gasteiger partial charge in [0.15, 0.2) is 0 Å². The molecular weight excluding hydrogens is 342 g/mol. The first-order chi connectivity index (χ1) is 12.8. The Labute approximate surface area is 155 Å². The summed E-state index contributed by atoms with van der Waals surface area (Å²) < 4.78 is 0. The molecule has 1 aliphatic carbocycles. The molecule has 1 aliphatic rings. The first kappa shape index (κ1) is 15.5. The third-order valence-corrected chi connectivity index (χ3v) is 5.84. The van der Waals surface area contributed by atoms with Gasteiger partial charge in [0.25, 0.3) is 0 Å². The molecule has 2 N–H and O–H groups in total. The molecule has 0 aliphatic heterocycles. The molecule has 5 rings (SSSR count). The number of nitrogens with one attached hydrogen (secondary N) is 1. The Morgan fingerprint density at radius 1 is 1.00 bits per heavy atom. The van der Waals surface area contributed by atoms with Gasteiger partial charge in [-0.3, -0.25) is 0 Å². The highest BCUT2D eigenvalue weighted by Crippen LogP contribution is 2.39. The SMILES string of the molecule is O[C@H]1Cc2ccccc2[C@H]1Nc1ncnc2scc(-c3ccccc3)c12. The Hall–Kier alpha value is -2.76. The van der Waals surface area contributed by atoms with E-state index in [1.165, 1.54) is 5.56 Å². The van der Waals surface area contributed by atoms with Crippen LogP contribution in [-0.4, -0.2) is 21.2 Å². The minimum Gasteiger partial charge on any atom is -0.390 e. The summed E-state index contributed by atoms with van der Waals surface area (Å²) in [6.45, 7) is 0. The van der Waals surface area contributed by atoms with Crippen molar-refractivity contribution in [2.75, 3.05) is 5.32 Å². The van der Waals surface area contributed by atoms with Crippen LogP contribution in [0, 0.1) is 0 Å². The lowest BCUT2D eigenvalue weighted by Crippen LogP contribution is -2.21. The van der Waals surface area contributed by atoms with Crippen molar-refractivity contribution in [2.45, 2.75) is 18.6 Å². The van der Waals surface area contributed by atoms with Crippen molar-refractivity contribution < 1.29 is 5.11 Å². The lowest BCUT2D eigenvalue weighted by atomic mass is 10.1. The molecule has 128 valence electrons. The van der Waals surface area contributed by atoms with Gasteiger partial charge in [-0.1, -0.05) is 54.6 Å². The van der Waals surface area contributed by atoms with Gasteiger partial charge in [0.1, 0.15) is 17.0 Å². The number of aliphatic hydroxyl groups is 1. The van der Waals surface area contributed by atoms with Gasteiger partial charge < -0.3 is 10.4 Å². The van der Waals surface area contributed by atoms with Gasteiger partial charge in [0.05, 0.1) is 17.5 Å². The van der Waals surface area contributed by atoms with Crippen LogP contribution in [0.25, 0.3) is 21.3 Å². The number of aromatic nitrogens is 2. The van der Waals surface area contributed by atoms with Gasteiger partial charge in [-0.05, 0) is 16.7 Å². The summed E-state index contributed by atoms with van der Waals surface area (Å²) in [5.41, 5.74) is 4.60. The van der Waals surface area contributed by atoms with Gasteiger partial charge in [0, 0.05) is 17.4 Å². The Balaban J connectivity index is 1.61. The maximum Gasteiger partial charge on any atom is 0.139 e. The molecule has 5 heteroatoms. The number of nitrogens with zero attached hydrogens (tertiary/aromatic N) is 2. The van der Waals surface area contributed by atoms with E-state index >= 15 is 0 Å². The molecule has 2 heterocycles.